The summed E-state index contributed by atoms with van der Waals surface area (Å²) in [5, 5.41) is 0.381. The Morgan fingerprint density at radius 2 is 2.06 bits per heavy atom. The molecule has 5 heteroatoms. The summed E-state index contributed by atoms with van der Waals surface area (Å²) in [5.74, 6) is -0.395. The highest BCUT2D eigenvalue weighted by Gasteiger charge is 2.15. The normalized spacial score (nSPS) is 10.1. The Balaban J connectivity index is 2.44. The topological polar surface area (TPSA) is 52.1 Å². The summed E-state index contributed by atoms with van der Waals surface area (Å²) in [7, 11) is 1.35. The first-order valence-electron chi connectivity index (χ1n) is 4.68. The molecule has 0 saturated carbocycles. The molecule has 2 aromatic rings. The maximum absolute atomic E-state index is 11.3. The highest BCUT2D eigenvalue weighted by molar-refractivity contribution is 7.17. The molecule has 0 saturated heterocycles. The zero-order valence-electron chi connectivity index (χ0n) is 8.93. The van der Waals surface area contributed by atoms with Crippen LogP contribution in [0.3, 0.4) is 0 Å². The molecule has 0 bridgehead atoms. The van der Waals surface area contributed by atoms with Gasteiger partial charge in [-0.3, -0.25) is 4.98 Å². The smallest absolute Gasteiger partial charge is 0.367 e. The van der Waals surface area contributed by atoms with E-state index in [9.17, 15) is 4.79 Å². The molecule has 0 aromatic carbocycles. The highest BCUT2D eigenvalue weighted by atomic mass is 32.1. The van der Waals surface area contributed by atoms with Crippen LogP contribution in [0.5, 0.6) is 0 Å². The van der Waals surface area contributed by atoms with Crippen LogP contribution in [-0.2, 0) is 4.74 Å². The van der Waals surface area contributed by atoms with Gasteiger partial charge in [-0.05, 0) is 24.6 Å². The van der Waals surface area contributed by atoms with Crippen molar-refractivity contribution < 1.29 is 9.53 Å². The molecule has 0 aliphatic carbocycles. The van der Waals surface area contributed by atoms with Crippen LogP contribution in [0.25, 0.3) is 10.4 Å². The van der Waals surface area contributed by atoms with E-state index in [1.165, 1.54) is 18.4 Å². The highest BCUT2D eigenvalue weighted by Crippen LogP contribution is 2.29. The predicted octanol–water partition coefficient (Wildman–Crippen LogP) is 2.30. The fourth-order valence-electron chi connectivity index (χ4n) is 1.34. The second-order valence-electron chi connectivity index (χ2n) is 3.16. The molecule has 0 amide bonds. The molecule has 4 nitrogen and oxygen atoms in total. The van der Waals surface area contributed by atoms with Crippen LogP contribution >= 0.6 is 11.3 Å². The number of rotatable bonds is 2. The van der Waals surface area contributed by atoms with Gasteiger partial charge in [0, 0.05) is 12.4 Å². The molecule has 2 heterocycles. The third kappa shape index (κ3) is 1.94. The summed E-state index contributed by atoms with van der Waals surface area (Å²) < 4.78 is 4.64. The Bertz CT molecular complexity index is 508. The Morgan fingerprint density at radius 1 is 1.38 bits per heavy atom. The van der Waals surface area contributed by atoms with Crippen molar-refractivity contribution in [3.05, 3.63) is 35.2 Å². The number of hydrogen-bond acceptors (Lipinski definition) is 5. The first-order valence-corrected chi connectivity index (χ1v) is 5.50. The van der Waals surface area contributed by atoms with Crippen LogP contribution < -0.4 is 0 Å². The summed E-state index contributed by atoms with van der Waals surface area (Å²) in [6, 6.07) is 3.78. The molecule has 0 aliphatic heterocycles. The van der Waals surface area contributed by atoms with Gasteiger partial charge in [-0.2, -0.15) is 0 Å². The molecule has 0 spiro atoms. The molecular weight excluding hydrogens is 224 g/mol. The number of nitrogens with zero attached hydrogens (tertiary/aromatic N) is 2. The summed E-state index contributed by atoms with van der Waals surface area (Å²) in [5.41, 5.74) is 1.84. The number of carbonyl (C=O) groups excluding carboxylic acids is 1. The number of esters is 1. The molecule has 0 N–H and O–H groups in total. The second-order valence-corrected chi connectivity index (χ2v) is 4.16. The maximum atomic E-state index is 11.3. The van der Waals surface area contributed by atoms with Gasteiger partial charge in [-0.25, -0.2) is 9.78 Å². The van der Waals surface area contributed by atoms with Gasteiger partial charge < -0.3 is 4.74 Å². The molecule has 16 heavy (non-hydrogen) atoms. The van der Waals surface area contributed by atoms with E-state index in [-0.39, 0.29) is 0 Å². The lowest BCUT2D eigenvalue weighted by molar-refractivity contribution is 0.0600. The monoisotopic (exact) mass is 234 g/mol. The van der Waals surface area contributed by atoms with E-state index < -0.39 is 5.97 Å². The number of pyridine rings is 1. The number of ether oxygens (including phenoxy) is 1. The zero-order chi connectivity index (χ0) is 11.5. The zero-order valence-corrected chi connectivity index (χ0v) is 9.75. The van der Waals surface area contributed by atoms with Crippen molar-refractivity contribution in [1.82, 2.24) is 9.97 Å². The van der Waals surface area contributed by atoms with Crippen LogP contribution in [0, 0.1) is 6.92 Å². The summed E-state index contributed by atoms with van der Waals surface area (Å²) in [6.07, 6.45) is 3.43. The summed E-state index contributed by atoms with van der Waals surface area (Å²) >= 11 is 1.33. The van der Waals surface area contributed by atoms with E-state index in [4.69, 9.17) is 0 Å². The molecule has 0 fully saturated rings. The number of aromatic nitrogens is 2. The minimum atomic E-state index is -0.395. The molecule has 0 radical (unpaired) electrons. The van der Waals surface area contributed by atoms with Crippen molar-refractivity contribution in [2.75, 3.05) is 7.11 Å². The van der Waals surface area contributed by atoms with Gasteiger partial charge in [0.1, 0.15) is 0 Å². The van der Waals surface area contributed by atoms with Crippen molar-refractivity contribution in [2.24, 2.45) is 0 Å². The third-order valence-electron chi connectivity index (χ3n) is 2.10. The molecule has 0 aliphatic rings. The van der Waals surface area contributed by atoms with E-state index in [0.29, 0.717) is 5.01 Å². The van der Waals surface area contributed by atoms with Crippen molar-refractivity contribution >= 4 is 17.3 Å². The SMILES string of the molecule is COC(=O)c1nc(C)c(-c2ccncc2)s1. The fourth-order valence-corrected chi connectivity index (χ4v) is 2.33. The average molecular weight is 234 g/mol. The first kappa shape index (κ1) is 10.8. The van der Waals surface area contributed by atoms with E-state index >= 15 is 0 Å². The lowest BCUT2D eigenvalue weighted by Crippen LogP contribution is -1.99. The van der Waals surface area contributed by atoms with Crippen LogP contribution in [0.1, 0.15) is 15.5 Å². The van der Waals surface area contributed by atoms with Gasteiger partial charge in [-0.1, -0.05) is 0 Å². The maximum Gasteiger partial charge on any atom is 0.367 e. The minimum Gasteiger partial charge on any atom is -0.464 e. The van der Waals surface area contributed by atoms with E-state index in [1.807, 2.05) is 19.1 Å². The van der Waals surface area contributed by atoms with Crippen molar-refractivity contribution in [2.45, 2.75) is 6.92 Å². The van der Waals surface area contributed by atoms with Gasteiger partial charge >= 0.3 is 5.97 Å². The lowest BCUT2D eigenvalue weighted by atomic mass is 10.2. The van der Waals surface area contributed by atoms with E-state index in [2.05, 4.69) is 14.7 Å². The number of methoxy groups -OCH3 is 1. The van der Waals surface area contributed by atoms with Crippen LogP contribution in [0.15, 0.2) is 24.5 Å². The van der Waals surface area contributed by atoms with Gasteiger partial charge in [-0.15, -0.1) is 11.3 Å². The first-order chi connectivity index (χ1) is 7.72. The Kier molecular flexibility index (Phi) is 2.96. The number of thiazole rings is 1. The van der Waals surface area contributed by atoms with Crippen LogP contribution in [-0.4, -0.2) is 23.0 Å². The van der Waals surface area contributed by atoms with Gasteiger partial charge in [0.05, 0.1) is 17.7 Å². The largest absolute Gasteiger partial charge is 0.464 e. The molecule has 82 valence electrons. The van der Waals surface area contributed by atoms with Gasteiger partial charge in [0.25, 0.3) is 0 Å². The van der Waals surface area contributed by atoms with Gasteiger partial charge in [0.15, 0.2) is 0 Å². The average Bonchev–Trinajstić information content (AvgIpc) is 2.71. The Morgan fingerprint density at radius 3 is 2.69 bits per heavy atom. The van der Waals surface area contributed by atoms with E-state index in [0.717, 1.165) is 16.1 Å². The quantitative estimate of drug-likeness (QED) is 0.748. The van der Waals surface area contributed by atoms with Crippen LogP contribution in [0.2, 0.25) is 0 Å². The number of hydrogen-bond donors (Lipinski definition) is 0. The van der Waals surface area contributed by atoms with Crippen molar-refractivity contribution in [1.29, 1.82) is 0 Å². The van der Waals surface area contributed by atoms with Crippen LogP contribution in [0.4, 0.5) is 0 Å². The lowest BCUT2D eigenvalue weighted by Gasteiger charge is -1.95. The van der Waals surface area contributed by atoms with Crippen molar-refractivity contribution in [3.63, 3.8) is 0 Å². The second kappa shape index (κ2) is 4.40. The Labute approximate surface area is 96.9 Å². The van der Waals surface area contributed by atoms with Crippen molar-refractivity contribution in [3.8, 4) is 10.4 Å². The number of carbonyl (C=O) groups is 1. The molecule has 0 unspecified atom stereocenters. The molecule has 2 rings (SSSR count). The summed E-state index contributed by atoms with van der Waals surface area (Å²) in [4.78, 5) is 20.4. The Hall–Kier alpha value is -1.75. The molecular formula is C11H10N2O2S. The standard InChI is InChI=1S/C11H10N2O2S/c1-7-9(8-3-5-12-6-4-8)16-10(13-7)11(14)15-2/h3-6H,1-2H3. The predicted molar refractivity (Wildman–Crippen MR) is 61.4 cm³/mol. The number of aryl methyl sites for hydroxylation is 1. The van der Waals surface area contributed by atoms with E-state index in [1.54, 1.807) is 12.4 Å². The van der Waals surface area contributed by atoms with Gasteiger partial charge in [0.2, 0.25) is 5.01 Å². The third-order valence-corrected chi connectivity index (χ3v) is 3.29. The summed E-state index contributed by atoms with van der Waals surface area (Å²) in [6.45, 7) is 1.87. The molecule has 2 aromatic heterocycles. The minimum absolute atomic E-state index is 0.381. The fraction of sp³-hybridized carbons (Fsp3) is 0.182. The molecule has 0 atom stereocenters.